The van der Waals surface area contributed by atoms with Crippen LogP contribution in [-0.4, -0.2) is 24.9 Å². The molecule has 0 aliphatic rings. The van der Waals surface area contributed by atoms with Gasteiger partial charge >= 0.3 is 0 Å². The largest absolute Gasteiger partial charge is 0.490 e. The highest BCUT2D eigenvalue weighted by atomic mass is 19.1. The van der Waals surface area contributed by atoms with Gasteiger partial charge in [-0.1, -0.05) is 6.07 Å². The van der Waals surface area contributed by atoms with Crippen LogP contribution in [0.25, 0.3) is 0 Å². The van der Waals surface area contributed by atoms with Crippen LogP contribution in [0.1, 0.15) is 31.9 Å². The third kappa shape index (κ3) is 4.32. The molecule has 0 aromatic heterocycles. The van der Waals surface area contributed by atoms with Gasteiger partial charge in [0.15, 0.2) is 11.6 Å². The van der Waals surface area contributed by atoms with Crippen LogP contribution >= 0.6 is 0 Å². The summed E-state index contributed by atoms with van der Waals surface area (Å²) in [6, 6.07) is 5.04. The van der Waals surface area contributed by atoms with Gasteiger partial charge in [0.25, 0.3) is 0 Å². The Balaban J connectivity index is 2.63. The molecule has 0 spiro atoms. The van der Waals surface area contributed by atoms with E-state index < -0.39 is 6.10 Å². The molecule has 0 bridgehead atoms. The molecule has 0 saturated carbocycles. The zero-order valence-corrected chi connectivity index (χ0v) is 10.5. The number of aliphatic hydroxyl groups excluding tert-OH is 1. The third-order valence-electron chi connectivity index (χ3n) is 2.68. The molecular weight excluding hydrogens is 221 g/mol. The smallest absolute Gasteiger partial charge is 0.165 e. The van der Waals surface area contributed by atoms with Gasteiger partial charge in [-0.05, 0) is 38.6 Å². The van der Waals surface area contributed by atoms with Crippen molar-refractivity contribution in [2.75, 3.05) is 13.7 Å². The lowest BCUT2D eigenvalue weighted by atomic mass is 10.1. The van der Waals surface area contributed by atoms with Crippen molar-refractivity contribution in [2.24, 2.45) is 0 Å². The fourth-order valence-corrected chi connectivity index (χ4v) is 1.41. The van der Waals surface area contributed by atoms with Crippen LogP contribution in [0.15, 0.2) is 18.2 Å². The number of halogens is 1. The predicted octanol–water partition coefficient (Wildman–Crippen LogP) is 2.26. The van der Waals surface area contributed by atoms with Gasteiger partial charge in [0.2, 0.25) is 0 Å². The van der Waals surface area contributed by atoms with Crippen molar-refractivity contribution < 1.29 is 14.2 Å². The number of benzene rings is 1. The van der Waals surface area contributed by atoms with Gasteiger partial charge in [-0.2, -0.15) is 0 Å². The highest BCUT2D eigenvalue weighted by Crippen LogP contribution is 2.22. The minimum atomic E-state index is -0.429. The van der Waals surface area contributed by atoms with E-state index in [1.54, 1.807) is 13.0 Å². The van der Waals surface area contributed by atoms with Gasteiger partial charge in [0, 0.05) is 12.5 Å². The molecule has 0 fully saturated rings. The lowest BCUT2D eigenvalue weighted by Crippen LogP contribution is -2.13. The second kappa shape index (κ2) is 6.57. The van der Waals surface area contributed by atoms with Gasteiger partial charge in [0.05, 0.1) is 12.7 Å². The van der Waals surface area contributed by atoms with E-state index in [0.29, 0.717) is 13.0 Å². The van der Waals surface area contributed by atoms with E-state index in [0.717, 1.165) is 5.56 Å². The molecule has 3 nitrogen and oxygen atoms in total. The van der Waals surface area contributed by atoms with Crippen molar-refractivity contribution in [3.63, 3.8) is 0 Å². The first kappa shape index (κ1) is 13.9. The lowest BCUT2D eigenvalue weighted by Gasteiger charge is -2.13. The van der Waals surface area contributed by atoms with E-state index in [9.17, 15) is 4.39 Å². The van der Waals surface area contributed by atoms with Crippen LogP contribution in [0.3, 0.4) is 0 Å². The molecule has 96 valence electrons. The number of hydrogen-bond acceptors (Lipinski definition) is 3. The average molecular weight is 241 g/mol. The summed E-state index contributed by atoms with van der Waals surface area (Å²) >= 11 is 0. The molecule has 2 atom stereocenters. The second-order valence-electron chi connectivity index (χ2n) is 4.19. The Morgan fingerprint density at radius 3 is 2.65 bits per heavy atom. The predicted molar refractivity (Wildman–Crippen MR) is 65.7 cm³/mol. The molecule has 17 heavy (non-hydrogen) atoms. The van der Waals surface area contributed by atoms with E-state index in [4.69, 9.17) is 9.84 Å². The molecule has 4 heteroatoms. The first-order chi connectivity index (χ1) is 8.04. The first-order valence-electron chi connectivity index (χ1n) is 5.82. The van der Waals surface area contributed by atoms with Crippen LogP contribution < -0.4 is 10.1 Å². The summed E-state index contributed by atoms with van der Waals surface area (Å²) in [4.78, 5) is 0. The number of rotatable bonds is 6. The number of hydrogen-bond donors (Lipinski definition) is 2. The normalized spacial score (nSPS) is 14.4. The van der Waals surface area contributed by atoms with Crippen molar-refractivity contribution in [1.29, 1.82) is 0 Å². The average Bonchev–Trinajstić information content (AvgIpc) is 2.29. The van der Waals surface area contributed by atoms with E-state index in [1.807, 2.05) is 20.0 Å². The molecular formula is C13H20FNO2. The number of nitrogens with one attached hydrogen (secondary N) is 1. The van der Waals surface area contributed by atoms with Gasteiger partial charge in [-0.25, -0.2) is 4.39 Å². The molecule has 0 saturated heterocycles. The SMILES string of the molecule is CNC(C)c1ccc(OCCC(C)O)c(F)c1. The summed E-state index contributed by atoms with van der Waals surface area (Å²) in [5, 5.41) is 12.1. The Morgan fingerprint density at radius 1 is 1.41 bits per heavy atom. The Kier molecular flexibility index (Phi) is 5.38. The fraction of sp³-hybridized carbons (Fsp3) is 0.538. The minimum absolute atomic E-state index is 0.107. The van der Waals surface area contributed by atoms with Gasteiger partial charge in [0.1, 0.15) is 0 Å². The Labute approximate surface area is 102 Å². The molecule has 2 unspecified atom stereocenters. The maximum absolute atomic E-state index is 13.7. The van der Waals surface area contributed by atoms with Crippen molar-refractivity contribution in [3.05, 3.63) is 29.6 Å². The van der Waals surface area contributed by atoms with Gasteiger partial charge in [-0.15, -0.1) is 0 Å². The van der Waals surface area contributed by atoms with Crippen molar-refractivity contribution >= 4 is 0 Å². The fourth-order valence-electron chi connectivity index (χ4n) is 1.41. The van der Waals surface area contributed by atoms with Crippen molar-refractivity contribution in [1.82, 2.24) is 5.32 Å². The van der Waals surface area contributed by atoms with E-state index in [-0.39, 0.29) is 17.6 Å². The van der Waals surface area contributed by atoms with Crippen LogP contribution in [0, 0.1) is 5.82 Å². The summed E-state index contributed by atoms with van der Waals surface area (Å²) in [5.41, 5.74) is 0.882. The molecule has 1 aromatic carbocycles. The monoisotopic (exact) mass is 241 g/mol. The topological polar surface area (TPSA) is 41.5 Å². The van der Waals surface area contributed by atoms with Crippen molar-refractivity contribution in [2.45, 2.75) is 32.4 Å². The number of ether oxygens (including phenoxy) is 1. The Morgan fingerprint density at radius 2 is 2.12 bits per heavy atom. The Hall–Kier alpha value is -1.13. The molecule has 0 radical (unpaired) electrons. The van der Waals surface area contributed by atoms with Crippen molar-refractivity contribution in [3.8, 4) is 5.75 Å². The quantitative estimate of drug-likeness (QED) is 0.802. The zero-order valence-electron chi connectivity index (χ0n) is 10.5. The van der Waals surface area contributed by atoms with E-state index in [2.05, 4.69) is 5.32 Å². The highest BCUT2D eigenvalue weighted by molar-refractivity contribution is 5.30. The molecule has 0 aliphatic carbocycles. The molecule has 1 aromatic rings. The summed E-state index contributed by atoms with van der Waals surface area (Å²) in [6.45, 7) is 3.95. The minimum Gasteiger partial charge on any atom is -0.490 e. The van der Waals surface area contributed by atoms with Gasteiger partial charge < -0.3 is 15.2 Å². The molecule has 0 heterocycles. The molecule has 0 amide bonds. The summed E-state index contributed by atoms with van der Waals surface area (Å²) in [7, 11) is 1.83. The van der Waals surface area contributed by atoms with E-state index in [1.165, 1.54) is 6.07 Å². The molecule has 1 rings (SSSR count). The Bertz CT molecular complexity index is 355. The molecule has 2 N–H and O–H groups in total. The van der Waals surface area contributed by atoms with Crippen LogP contribution in [0.2, 0.25) is 0 Å². The highest BCUT2D eigenvalue weighted by Gasteiger charge is 2.08. The van der Waals surface area contributed by atoms with Crippen LogP contribution in [0.5, 0.6) is 5.75 Å². The van der Waals surface area contributed by atoms with Gasteiger partial charge in [-0.3, -0.25) is 0 Å². The third-order valence-corrected chi connectivity index (χ3v) is 2.68. The zero-order chi connectivity index (χ0) is 12.8. The first-order valence-corrected chi connectivity index (χ1v) is 5.82. The van der Waals surface area contributed by atoms with Crippen LogP contribution in [-0.2, 0) is 0 Å². The van der Waals surface area contributed by atoms with E-state index >= 15 is 0 Å². The summed E-state index contributed by atoms with van der Waals surface area (Å²) < 4.78 is 18.9. The standard InChI is InChI=1S/C13H20FNO2/c1-9(16)6-7-17-13-5-4-11(8-12(13)14)10(2)15-3/h4-5,8-10,15-16H,6-7H2,1-3H3. The summed E-state index contributed by atoms with van der Waals surface area (Å²) in [6.07, 6.45) is 0.0651. The summed E-state index contributed by atoms with van der Waals surface area (Å²) in [5.74, 6) is -0.132. The number of aliphatic hydroxyl groups is 1. The molecule has 0 aliphatic heterocycles. The maximum Gasteiger partial charge on any atom is 0.165 e. The van der Waals surface area contributed by atoms with Crippen LogP contribution in [0.4, 0.5) is 4.39 Å². The maximum atomic E-state index is 13.7. The lowest BCUT2D eigenvalue weighted by molar-refractivity contribution is 0.154. The second-order valence-corrected chi connectivity index (χ2v) is 4.19.